The van der Waals surface area contributed by atoms with Crippen LogP contribution in [-0.2, 0) is 10.7 Å². The first kappa shape index (κ1) is 14.5. The van der Waals surface area contributed by atoms with Gasteiger partial charge in [0.15, 0.2) is 0 Å². The molecule has 2 aromatic rings. The lowest BCUT2D eigenvalue weighted by molar-refractivity contribution is 0.467. The van der Waals surface area contributed by atoms with Gasteiger partial charge >= 0.3 is 0 Å². The molecule has 0 amide bonds. The van der Waals surface area contributed by atoms with Crippen LogP contribution in [0, 0.1) is 11.6 Å². The topological polar surface area (TPSA) is 9.23 Å². The van der Waals surface area contributed by atoms with Gasteiger partial charge in [0.2, 0.25) is 0 Å². The van der Waals surface area contributed by atoms with Crippen LogP contribution in [0.5, 0.6) is 11.5 Å². The molecule has 0 spiro atoms. The summed E-state index contributed by atoms with van der Waals surface area (Å²) < 4.78 is 32.1. The van der Waals surface area contributed by atoms with Gasteiger partial charge in [-0.05, 0) is 24.3 Å². The molecular weight excluding hydrogens is 382 g/mol. The lowest BCUT2D eigenvalue weighted by Gasteiger charge is -2.12. The number of benzene rings is 2. The molecule has 0 bridgehead atoms. The Hall–Kier alpha value is -0.940. The van der Waals surface area contributed by atoms with E-state index in [1.54, 1.807) is 6.07 Å². The summed E-state index contributed by atoms with van der Waals surface area (Å²) in [6.45, 7) is 0. The van der Waals surface area contributed by atoms with Gasteiger partial charge in [0.05, 0.1) is 0 Å². The Morgan fingerprint density at radius 3 is 2.11 bits per heavy atom. The zero-order valence-electron chi connectivity index (χ0n) is 9.80. The Labute approximate surface area is 126 Å². The maximum Gasteiger partial charge on any atom is 0.134 e. The summed E-state index contributed by atoms with van der Waals surface area (Å²) >= 11 is 6.60. The predicted octanol–water partition coefficient (Wildman–Crippen LogP) is 5.55. The summed E-state index contributed by atoms with van der Waals surface area (Å²) in [5.74, 6) is 0.223. The molecule has 2 aromatic carbocycles. The van der Waals surface area contributed by atoms with Gasteiger partial charge in [-0.15, -0.1) is 0 Å². The van der Waals surface area contributed by atoms with Crippen molar-refractivity contribution in [2.75, 3.05) is 0 Å². The Balaban J connectivity index is 2.38. The van der Waals surface area contributed by atoms with E-state index in [-0.39, 0.29) is 11.6 Å². The highest BCUT2D eigenvalue weighted by Gasteiger charge is 2.09. The molecule has 100 valence electrons. The first-order valence-corrected chi connectivity index (χ1v) is 7.75. The summed E-state index contributed by atoms with van der Waals surface area (Å²) in [7, 11) is 0. The van der Waals surface area contributed by atoms with Gasteiger partial charge in [-0.2, -0.15) is 0 Å². The van der Waals surface area contributed by atoms with E-state index in [0.29, 0.717) is 27.7 Å². The molecule has 0 unspecified atom stereocenters. The minimum Gasteiger partial charge on any atom is -0.457 e. The van der Waals surface area contributed by atoms with E-state index in [0.717, 1.165) is 5.56 Å². The summed E-state index contributed by atoms with van der Waals surface area (Å²) in [6, 6.07) is 8.58. The van der Waals surface area contributed by atoms with Crippen molar-refractivity contribution in [3.63, 3.8) is 0 Å². The van der Waals surface area contributed by atoms with Crippen LogP contribution in [0.3, 0.4) is 0 Å². The monoisotopic (exact) mass is 390 g/mol. The molecule has 1 nitrogen and oxygen atoms in total. The van der Waals surface area contributed by atoms with Crippen LogP contribution < -0.4 is 4.74 Å². The molecule has 0 atom stereocenters. The van der Waals surface area contributed by atoms with E-state index in [2.05, 4.69) is 31.9 Å². The second-order valence-corrected chi connectivity index (χ2v) is 4.99. The number of halogens is 4. The minimum atomic E-state index is -0.373. The van der Waals surface area contributed by atoms with Crippen molar-refractivity contribution in [3.05, 3.63) is 59.2 Å². The lowest BCUT2D eigenvalue weighted by Crippen LogP contribution is -1.94. The molecule has 0 heterocycles. The molecular formula is C14H10Br2F2O. The molecule has 0 saturated carbocycles. The van der Waals surface area contributed by atoms with Gasteiger partial charge in [-0.25, -0.2) is 8.78 Å². The molecule has 0 N–H and O–H groups in total. The van der Waals surface area contributed by atoms with Crippen molar-refractivity contribution in [2.24, 2.45) is 0 Å². The smallest absolute Gasteiger partial charge is 0.134 e. The van der Waals surface area contributed by atoms with Crippen molar-refractivity contribution in [3.8, 4) is 11.5 Å². The van der Waals surface area contributed by atoms with E-state index in [1.165, 1.54) is 30.3 Å². The van der Waals surface area contributed by atoms with E-state index in [9.17, 15) is 8.78 Å². The van der Waals surface area contributed by atoms with E-state index < -0.39 is 0 Å². The molecule has 0 aromatic heterocycles. The van der Waals surface area contributed by atoms with Crippen LogP contribution in [0.15, 0.2) is 36.4 Å². The van der Waals surface area contributed by atoms with Crippen LogP contribution in [-0.4, -0.2) is 0 Å². The Kier molecular flexibility index (Phi) is 4.93. The molecule has 2 rings (SSSR count). The molecule has 0 fully saturated rings. The fourth-order valence-corrected chi connectivity index (χ4v) is 2.51. The maximum absolute atomic E-state index is 13.3. The molecule has 0 aliphatic heterocycles. The second kappa shape index (κ2) is 6.48. The normalized spacial score (nSPS) is 10.5. The predicted molar refractivity (Wildman–Crippen MR) is 78.1 cm³/mol. The summed E-state index contributed by atoms with van der Waals surface area (Å²) in [5, 5.41) is 1.01. The van der Waals surface area contributed by atoms with Crippen molar-refractivity contribution < 1.29 is 13.5 Å². The van der Waals surface area contributed by atoms with E-state index in [4.69, 9.17) is 4.74 Å². The molecule has 0 aliphatic rings. The quantitative estimate of drug-likeness (QED) is 0.621. The average molecular weight is 392 g/mol. The number of hydrogen-bond acceptors (Lipinski definition) is 1. The third-order valence-electron chi connectivity index (χ3n) is 2.56. The highest BCUT2D eigenvalue weighted by atomic mass is 79.9. The zero-order chi connectivity index (χ0) is 13.8. The number of rotatable bonds is 4. The van der Waals surface area contributed by atoms with Crippen molar-refractivity contribution in [1.82, 2.24) is 0 Å². The largest absolute Gasteiger partial charge is 0.457 e. The number of hydrogen-bond donors (Lipinski definition) is 0. The van der Waals surface area contributed by atoms with E-state index >= 15 is 0 Å². The van der Waals surface area contributed by atoms with E-state index in [1.807, 2.05) is 0 Å². The van der Waals surface area contributed by atoms with Crippen molar-refractivity contribution >= 4 is 31.9 Å². The fraction of sp³-hybridized carbons (Fsp3) is 0.143. The summed E-state index contributed by atoms with van der Waals surface area (Å²) in [6.07, 6.45) is 0. The maximum atomic E-state index is 13.3. The van der Waals surface area contributed by atoms with Gasteiger partial charge < -0.3 is 4.74 Å². The highest BCUT2D eigenvalue weighted by molar-refractivity contribution is 9.08. The molecule has 19 heavy (non-hydrogen) atoms. The van der Waals surface area contributed by atoms with Gasteiger partial charge in [0.25, 0.3) is 0 Å². The minimum absolute atomic E-state index is 0.332. The molecule has 5 heteroatoms. The SMILES string of the molecule is Fc1ccc(Oc2cc(F)ccc2CBr)c(CBr)c1. The van der Waals surface area contributed by atoms with Gasteiger partial charge in [-0.1, -0.05) is 37.9 Å². The first-order chi connectivity index (χ1) is 9.13. The lowest BCUT2D eigenvalue weighted by atomic mass is 10.2. The second-order valence-electron chi connectivity index (χ2n) is 3.87. The van der Waals surface area contributed by atoms with Crippen LogP contribution in [0.1, 0.15) is 11.1 Å². The zero-order valence-corrected chi connectivity index (χ0v) is 13.0. The number of ether oxygens (including phenoxy) is 1. The number of alkyl halides is 2. The average Bonchev–Trinajstić information content (AvgIpc) is 2.41. The van der Waals surface area contributed by atoms with Gasteiger partial charge in [0.1, 0.15) is 23.1 Å². The van der Waals surface area contributed by atoms with Crippen molar-refractivity contribution in [1.29, 1.82) is 0 Å². The molecule has 0 aliphatic carbocycles. The van der Waals surface area contributed by atoms with Crippen LogP contribution >= 0.6 is 31.9 Å². The summed E-state index contributed by atoms with van der Waals surface area (Å²) in [4.78, 5) is 0. The van der Waals surface area contributed by atoms with Crippen LogP contribution in [0.2, 0.25) is 0 Å². The Bertz CT molecular complexity index is 588. The third kappa shape index (κ3) is 3.54. The fourth-order valence-electron chi connectivity index (χ4n) is 1.60. The van der Waals surface area contributed by atoms with Crippen molar-refractivity contribution in [2.45, 2.75) is 10.7 Å². The Morgan fingerprint density at radius 2 is 1.42 bits per heavy atom. The highest BCUT2D eigenvalue weighted by Crippen LogP contribution is 2.31. The van der Waals surface area contributed by atoms with Crippen LogP contribution in [0.4, 0.5) is 8.78 Å². The van der Waals surface area contributed by atoms with Crippen LogP contribution in [0.25, 0.3) is 0 Å². The summed E-state index contributed by atoms with van der Waals surface area (Å²) in [5.41, 5.74) is 1.50. The Morgan fingerprint density at radius 1 is 0.789 bits per heavy atom. The molecule has 0 saturated heterocycles. The van der Waals surface area contributed by atoms with Gasteiger partial charge in [0, 0.05) is 27.9 Å². The molecule has 0 radical (unpaired) electrons. The third-order valence-corrected chi connectivity index (χ3v) is 3.77. The first-order valence-electron chi connectivity index (χ1n) is 5.50. The standard InChI is InChI=1S/C14H10Br2F2O/c15-7-9-1-2-12(18)6-14(9)19-13-4-3-11(17)5-10(13)8-16/h1-6H,7-8H2. The van der Waals surface area contributed by atoms with Gasteiger partial charge in [-0.3, -0.25) is 0 Å².